The number of furan rings is 1. The number of hydrogen-bond acceptors (Lipinski definition) is 4. The van der Waals surface area contributed by atoms with Crippen LogP contribution in [0.25, 0.3) is 0 Å². The fourth-order valence-electron chi connectivity index (χ4n) is 1.53. The Bertz CT molecular complexity index is 622. The van der Waals surface area contributed by atoms with E-state index in [4.69, 9.17) is 20.8 Å². The zero-order chi connectivity index (χ0) is 14.5. The molecule has 1 aromatic heterocycles. The van der Waals surface area contributed by atoms with Gasteiger partial charge in [0, 0.05) is 10.7 Å². The van der Waals surface area contributed by atoms with Crippen LogP contribution in [0.15, 0.2) is 41.0 Å². The maximum atomic E-state index is 11.7. The number of esters is 1. The summed E-state index contributed by atoms with van der Waals surface area (Å²) in [6.07, 6.45) is 1.35. The van der Waals surface area contributed by atoms with Gasteiger partial charge in [-0.15, -0.1) is 0 Å². The zero-order valence-corrected chi connectivity index (χ0v) is 11.4. The molecule has 0 spiro atoms. The number of halogens is 1. The van der Waals surface area contributed by atoms with Crippen molar-refractivity contribution in [2.45, 2.75) is 6.92 Å². The third-order valence-corrected chi connectivity index (χ3v) is 3.01. The van der Waals surface area contributed by atoms with Gasteiger partial charge in [-0.2, -0.15) is 0 Å². The second-order valence-electron chi connectivity index (χ2n) is 4.01. The lowest BCUT2D eigenvalue weighted by atomic mass is 10.2. The second kappa shape index (κ2) is 6.25. The van der Waals surface area contributed by atoms with E-state index in [2.05, 4.69) is 5.32 Å². The van der Waals surface area contributed by atoms with Crippen LogP contribution >= 0.6 is 11.6 Å². The van der Waals surface area contributed by atoms with Gasteiger partial charge in [0.1, 0.15) is 0 Å². The highest BCUT2D eigenvalue weighted by molar-refractivity contribution is 6.31. The van der Waals surface area contributed by atoms with Crippen LogP contribution in [0.3, 0.4) is 0 Å². The minimum Gasteiger partial charge on any atom is -0.457 e. The molecule has 5 nitrogen and oxygen atoms in total. The predicted octanol–water partition coefficient (Wildman–Crippen LogP) is 3.04. The first-order chi connectivity index (χ1) is 9.58. The molecule has 0 radical (unpaired) electrons. The van der Waals surface area contributed by atoms with E-state index in [0.29, 0.717) is 10.7 Å². The maximum Gasteiger partial charge on any atom is 0.374 e. The summed E-state index contributed by atoms with van der Waals surface area (Å²) < 4.78 is 9.67. The summed E-state index contributed by atoms with van der Waals surface area (Å²) in [4.78, 5) is 23.2. The highest BCUT2D eigenvalue weighted by Crippen LogP contribution is 2.22. The van der Waals surface area contributed by atoms with Gasteiger partial charge in [0.15, 0.2) is 6.61 Å². The summed E-state index contributed by atoms with van der Waals surface area (Å²) in [5.41, 5.74) is 1.33. The standard InChI is InChI=1S/C14H12ClNO4/c1-9-10(15)4-2-5-11(9)16-13(17)8-20-14(18)12-6-3-7-19-12/h2-7H,8H2,1H3,(H,16,17). The fraction of sp³-hybridized carbons (Fsp3) is 0.143. The Morgan fingerprint density at radius 2 is 2.10 bits per heavy atom. The molecule has 1 heterocycles. The molecule has 2 aromatic rings. The first kappa shape index (κ1) is 14.1. The van der Waals surface area contributed by atoms with E-state index >= 15 is 0 Å². The summed E-state index contributed by atoms with van der Waals surface area (Å²) in [6.45, 7) is 1.39. The minimum atomic E-state index is -0.687. The number of carbonyl (C=O) groups excluding carboxylic acids is 2. The number of carbonyl (C=O) groups is 2. The molecule has 0 aliphatic heterocycles. The molecule has 6 heteroatoms. The molecule has 104 valence electrons. The summed E-state index contributed by atoms with van der Waals surface area (Å²) >= 11 is 5.94. The van der Waals surface area contributed by atoms with Crippen molar-refractivity contribution in [3.05, 3.63) is 52.9 Å². The van der Waals surface area contributed by atoms with Crippen molar-refractivity contribution in [2.24, 2.45) is 0 Å². The highest BCUT2D eigenvalue weighted by Gasteiger charge is 2.13. The van der Waals surface area contributed by atoms with E-state index < -0.39 is 18.5 Å². The normalized spacial score (nSPS) is 10.1. The van der Waals surface area contributed by atoms with Gasteiger partial charge in [0.2, 0.25) is 5.76 Å². The molecular formula is C14H12ClNO4. The molecule has 0 atom stereocenters. The van der Waals surface area contributed by atoms with Gasteiger partial charge < -0.3 is 14.5 Å². The van der Waals surface area contributed by atoms with Crippen LogP contribution in [0.4, 0.5) is 5.69 Å². The van der Waals surface area contributed by atoms with Crippen LogP contribution in [0.1, 0.15) is 16.1 Å². The Balaban J connectivity index is 1.90. The van der Waals surface area contributed by atoms with Gasteiger partial charge >= 0.3 is 5.97 Å². The van der Waals surface area contributed by atoms with Gasteiger partial charge in [-0.25, -0.2) is 4.79 Å². The van der Waals surface area contributed by atoms with Gasteiger partial charge in [-0.3, -0.25) is 4.79 Å². The molecule has 0 aliphatic rings. The molecule has 0 unspecified atom stereocenters. The molecule has 0 bridgehead atoms. The van der Waals surface area contributed by atoms with Crippen LogP contribution in [0, 0.1) is 6.92 Å². The van der Waals surface area contributed by atoms with Crippen LogP contribution < -0.4 is 5.32 Å². The third kappa shape index (κ3) is 3.39. The number of nitrogens with one attached hydrogen (secondary N) is 1. The molecule has 1 N–H and O–H groups in total. The van der Waals surface area contributed by atoms with E-state index in [1.807, 2.05) is 0 Å². The number of benzene rings is 1. The quantitative estimate of drug-likeness (QED) is 0.880. The molecule has 1 amide bonds. The molecule has 0 saturated carbocycles. The van der Waals surface area contributed by atoms with Crippen LogP contribution in [-0.4, -0.2) is 18.5 Å². The smallest absolute Gasteiger partial charge is 0.374 e. The first-order valence-electron chi connectivity index (χ1n) is 5.83. The van der Waals surface area contributed by atoms with Crippen molar-refractivity contribution in [3.8, 4) is 0 Å². The van der Waals surface area contributed by atoms with Crippen LogP contribution in [0.2, 0.25) is 5.02 Å². The molecule has 0 aliphatic carbocycles. The first-order valence-corrected chi connectivity index (χ1v) is 6.21. The fourth-order valence-corrected chi connectivity index (χ4v) is 1.70. The van der Waals surface area contributed by atoms with Gasteiger partial charge in [0.05, 0.1) is 6.26 Å². The van der Waals surface area contributed by atoms with Crippen LogP contribution in [-0.2, 0) is 9.53 Å². The van der Waals surface area contributed by atoms with Crippen molar-refractivity contribution in [1.82, 2.24) is 0 Å². The van der Waals surface area contributed by atoms with Crippen LogP contribution in [0.5, 0.6) is 0 Å². The Labute approximate surface area is 120 Å². The number of amides is 1. The lowest BCUT2D eigenvalue weighted by molar-refractivity contribution is -0.119. The lowest BCUT2D eigenvalue weighted by Crippen LogP contribution is -2.21. The van der Waals surface area contributed by atoms with E-state index in [1.165, 1.54) is 12.3 Å². The molecule has 0 fully saturated rings. The van der Waals surface area contributed by atoms with Gasteiger partial charge in [-0.05, 0) is 36.8 Å². The minimum absolute atomic E-state index is 0.0525. The molecular weight excluding hydrogens is 282 g/mol. The summed E-state index contributed by atoms with van der Waals surface area (Å²) in [5, 5.41) is 3.17. The summed E-state index contributed by atoms with van der Waals surface area (Å²) in [7, 11) is 0. The van der Waals surface area contributed by atoms with E-state index in [9.17, 15) is 9.59 Å². The van der Waals surface area contributed by atoms with Crippen molar-refractivity contribution < 1.29 is 18.7 Å². The largest absolute Gasteiger partial charge is 0.457 e. The topological polar surface area (TPSA) is 68.5 Å². The molecule has 20 heavy (non-hydrogen) atoms. The third-order valence-electron chi connectivity index (χ3n) is 2.60. The van der Waals surface area contributed by atoms with Gasteiger partial charge in [-0.1, -0.05) is 17.7 Å². The van der Waals surface area contributed by atoms with Crippen molar-refractivity contribution in [2.75, 3.05) is 11.9 Å². The number of hydrogen-bond donors (Lipinski definition) is 1. The summed E-state index contributed by atoms with van der Waals surface area (Å²) in [6, 6.07) is 8.18. The predicted molar refractivity (Wildman–Crippen MR) is 73.8 cm³/mol. The number of rotatable bonds is 4. The molecule has 1 aromatic carbocycles. The zero-order valence-electron chi connectivity index (χ0n) is 10.7. The molecule has 2 rings (SSSR count). The monoisotopic (exact) mass is 293 g/mol. The Hall–Kier alpha value is -2.27. The average Bonchev–Trinajstić information content (AvgIpc) is 2.95. The van der Waals surface area contributed by atoms with E-state index in [0.717, 1.165) is 5.56 Å². The Morgan fingerprint density at radius 1 is 1.30 bits per heavy atom. The Morgan fingerprint density at radius 3 is 2.80 bits per heavy atom. The number of ether oxygens (including phenoxy) is 1. The van der Waals surface area contributed by atoms with Crippen molar-refractivity contribution >= 4 is 29.2 Å². The average molecular weight is 294 g/mol. The maximum absolute atomic E-state index is 11.7. The number of anilines is 1. The Kier molecular flexibility index (Phi) is 4.42. The molecule has 0 saturated heterocycles. The van der Waals surface area contributed by atoms with Gasteiger partial charge in [0.25, 0.3) is 5.91 Å². The lowest BCUT2D eigenvalue weighted by Gasteiger charge is -2.09. The van der Waals surface area contributed by atoms with E-state index in [1.54, 1.807) is 31.2 Å². The second-order valence-corrected chi connectivity index (χ2v) is 4.42. The SMILES string of the molecule is Cc1c(Cl)cccc1NC(=O)COC(=O)c1ccco1. The van der Waals surface area contributed by atoms with E-state index in [-0.39, 0.29) is 5.76 Å². The summed E-state index contributed by atoms with van der Waals surface area (Å²) in [5.74, 6) is -1.08. The van der Waals surface area contributed by atoms with Crippen molar-refractivity contribution in [1.29, 1.82) is 0 Å². The van der Waals surface area contributed by atoms with Crippen molar-refractivity contribution in [3.63, 3.8) is 0 Å². The highest BCUT2D eigenvalue weighted by atomic mass is 35.5.